The Bertz CT molecular complexity index is 543. The zero-order chi connectivity index (χ0) is 16.1. The van der Waals surface area contributed by atoms with Gasteiger partial charge in [0, 0.05) is 23.9 Å². The Morgan fingerprint density at radius 1 is 1.50 bits per heavy atom. The summed E-state index contributed by atoms with van der Waals surface area (Å²) >= 11 is 0. The van der Waals surface area contributed by atoms with Gasteiger partial charge in [0.15, 0.2) is 0 Å². The number of carbonyl (C=O) groups excluding carboxylic acids is 1. The van der Waals surface area contributed by atoms with Crippen LogP contribution in [-0.2, 0) is 4.79 Å². The molecular formula is C16H22N2O4. The average molecular weight is 306 g/mol. The third-order valence-corrected chi connectivity index (χ3v) is 4.01. The Kier molecular flexibility index (Phi) is 5.35. The molecule has 1 N–H and O–H groups in total. The van der Waals surface area contributed by atoms with E-state index in [1.807, 2.05) is 13.8 Å². The minimum atomic E-state index is -1.02. The first-order valence-electron chi connectivity index (χ1n) is 7.66. The van der Waals surface area contributed by atoms with Crippen molar-refractivity contribution < 1.29 is 19.4 Å². The maximum absolute atomic E-state index is 12.6. The molecule has 1 unspecified atom stereocenters. The molecule has 1 aliphatic rings. The van der Waals surface area contributed by atoms with Gasteiger partial charge in [0.05, 0.1) is 0 Å². The molecule has 0 aromatic carbocycles. The molecule has 1 atom stereocenters. The molecule has 1 amide bonds. The summed E-state index contributed by atoms with van der Waals surface area (Å²) < 4.78 is 5.69. The number of aliphatic carboxylic acids is 1. The van der Waals surface area contributed by atoms with Crippen LogP contribution in [0, 0.1) is 0 Å². The van der Waals surface area contributed by atoms with Gasteiger partial charge < -0.3 is 14.7 Å². The summed E-state index contributed by atoms with van der Waals surface area (Å²) in [5.74, 6) is -0.902. The summed E-state index contributed by atoms with van der Waals surface area (Å²) in [6.45, 7) is 3.45. The van der Waals surface area contributed by atoms with Crippen LogP contribution in [-0.4, -0.2) is 45.6 Å². The molecule has 22 heavy (non-hydrogen) atoms. The first kappa shape index (κ1) is 16.3. The quantitative estimate of drug-likeness (QED) is 0.836. The molecule has 0 bridgehead atoms. The second-order valence-electron chi connectivity index (χ2n) is 5.64. The molecule has 6 heteroatoms. The summed E-state index contributed by atoms with van der Waals surface area (Å²) in [6.07, 6.45) is 5.58. The van der Waals surface area contributed by atoms with Crippen molar-refractivity contribution >= 4 is 11.9 Å². The Hall–Kier alpha value is -2.11. The van der Waals surface area contributed by atoms with Crippen molar-refractivity contribution in [2.75, 3.05) is 6.54 Å². The van der Waals surface area contributed by atoms with Crippen LogP contribution >= 0.6 is 0 Å². The third kappa shape index (κ3) is 3.96. The second-order valence-corrected chi connectivity index (χ2v) is 5.64. The molecule has 6 nitrogen and oxygen atoms in total. The third-order valence-electron chi connectivity index (χ3n) is 4.01. The largest absolute Gasteiger partial charge is 0.480 e. The van der Waals surface area contributed by atoms with E-state index in [0.717, 1.165) is 19.3 Å². The lowest BCUT2D eigenvalue weighted by molar-refractivity contribution is -0.138. The summed E-state index contributed by atoms with van der Waals surface area (Å²) in [5.41, 5.74) is 0.408. The molecular weight excluding hydrogens is 284 g/mol. The number of carboxylic acid groups (broad SMARTS) is 1. The van der Waals surface area contributed by atoms with Crippen LogP contribution in [0.15, 0.2) is 18.3 Å². The van der Waals surface area contributed by atoms with Crippen molar-refractivity contribution in [1.82, 2.24) is 9.88 Å². The molecule has 0 aliphatic heterocycles. The molecule has 1 fully saturated rings. The summed E-state index contributed by atoms with van der Waals surface area (Å²) in [4.78, 5) is 29.1. The monoisotopic (exact) mass is 306 g/mol. The van der Waals surface area contributed by atoms with E-state index >= 15 is 0 Å². The predicted octanol–water partition coefficient (Wildman–Crippen LogP) is 2.34. The van der Waals surface area contributed by atoms with E-state index in [-0.39, 0.29) is 24.6 Å². The first-order chi connectivity index (χ1) is 10.5. The van der Waals surface area contributed by atoms with E-state index in [9.17, 15) is 9.59 Å². The lowest BCUT2D eigenvalue weighted by Gasteiger charge is -2.28. The molecule has 0 spiro atoms. The number of amides is 1. The molecule has 1 saturated carbocycles. The number of nitrogens with zero attached hydrogens (tertiary/aromatic N) is 2. The zero-order valence-electron chi connectivity index (χ0n) is 13.0. The van der Waals surface area contributed by atoms with Crippen molar-refractivity contribution in [2.45, 2.75) is 51.7 Å². The Labute approximate surface area is 130 Å². The molecule has 1 aliphatic carbocycles. The number of hydrogen-bond donors (Lipinski definition) is 1. The fraction of sp³-hybridized carbons (Fsp3) is 0.562. The number of rotatable bonds is 7. The van der Waals surface area contributed by atoms with Gasteiger partial charge in [-0.3, -0.25) is 9.59 Å². The number of hydrogen-bond acceptors (Lipinski definition) is 4. The van der Waals surface area contributed by atoms with E-state index < -0.39 is 5.97 Å². The lowest BCUT2D eigenvalue weighted by atomic mass is 9.96. The number of aromatic nitrogens is 1. The highest BCUT2D eigenvalue weighted by molar-refractivity contribution is 5.96. The van der Waals surface area contributed by atoms with Gasteiger partial charge in [0.2, 0.25) is 5.88 Å². The van der Waals surface area contributed by atoms with Gasteiger partial charge in [-0.1, -0.05) is 6.92 Å². The standard InChI is InChI=1S/C16H22N2O4/c1-3-11(2)18(10-15(19)20)16(21)12-7-8-17-14(9-12)22-13-5-4-6-13/h7-9,11,13H,3-6,10H2,1-2H3,(H,19,20). The molecule has 120 valence electrons. The molecule has 1 heterocycles. The van der Waals surface area contributed by atoms with Crippen molar-refractivity contribution in [3.63, 3.8) is 0 Å². The Morgan fingerprint density at radius 3 is 2.77 bits per heavy atom. The molecule has 1 aromatic heterocycles. The summed E-state index contributed by atoms with van der Waals surface area (Å²) in [5, 5.41) is 9.01. The van der Waals surface area contributed by atoms with Crippen LogP contribution in [0.1, 0.15) is 49.9 Å². The van der Waals surface area contributed by atoms with Gasteiger partial charge in [-0.2, -0.15) is 0 Å². The highest BCUT2D eigenvalue weighted by atomic mass is 16.5. The number of carboxylic acids is 1. The van der Waals surface area contributed by atoms with Crippen LogP contribution in [0.3, 0.4) is 0 Å². The van der Waals surface area contributed by atoms with Gasteiger partial charge in [-0.25, -0.2) is 4.98 Å². The SMILES string of the molecule is CCC(C)N(CC(=O)O)C(=O)c1ccnc(OC2CCC2)c1. The van der Waals surface area contributed by atoms with Gasteiger partial charge in [0.1, 0.15) is 12.6 Å². The maximum Gasteiger partial charge on any atom is 0.323 e. The summed E-state index contributed by atoms with van der Waals surface area (Å²) in [6, 6.07) is 3.04. The molecule has 0 saturated heterocycles. The molecule has 2 rings (SSSR count). The number of pyridine rings is 1. The van der Waals surface area contributed by atoms with Crippen molar-refractivity contribution in [2.24, 2.45) is 0 Å². The highest BCUT2D eigenvalue weighted by Crippen LogP contribution is 2.24. The van der Waals surface area contributed by atoms with Crippen LogP contribution in [0.2, 0.25) is 0 Å². The van der Waals surface area contributed by atoms with Crippen molar-refractivity contribution in [3.05, 3.63) is 23.9 Å². The Balaban J connectivity index is 2.14. The van der Waals surface area contributed by atoms with Crippen LogP contribution in [0.25, 0.3) is 0 Å². The van der Waals surface area contributed by atoms with E-state index in [4.69, 9.17) is 9.84 Å². The maximum atomic E-state index is 12.6. The van der Waals surface area contributed by atoms with E-state index in [1.54, 1.807) is 12.1 Å². The topological polar surface area (TPSA) is 79.7 Å². The van der Waals surface area contributed by atoms with Crippen molar-refractivity contribution in [3.8, 4) is 5.88 Å². The second kappa shape index (κ2) is 7.24. The highest BCUT2D eigenvalue weighted by Gasteiger charge is 2.24. The normalized spacial score (nSPS) is 15.7. The smallest absolute Gasteiger partial charge is 0.323 e. The van der Waals surface area contributed by atoms with E-state index in [1.165, 1.54) is 11.1 Å². The fourth-order valence-corrected chi connectivity index (χ4v) is 2.23. The molecule has 0 radical (unpaired) electrons. The van der Waals surface area contributed by atoms with Gasteiger partial charge >= 0.3 is 5.97 Å². The van der Waals surface area contributed by atoms with Crippen LogP contribution < -0.4 is 4.74 Å². The predicted molar refractivity (Wildman–Crippen MR) is 80.9 cm³/mol. The zero-order valence-corrected chi connectivity index (χ0v) is 13.0. The molecule has 1 aromatic rings. The van der Waals surface area contributed by atoms with Crippen LogP contribution in [0.5, 0.6) is 5.88 Å². The minimum absolute atomic E-state index is 0.146. The van der Waals surface area contributed by atoms with Crippen LogP contribution in [0.4, 0.5) is 0 Å². The average Bonchev–Trinajstić information content (AvgIpc) is 2.47. The fourth-order valence-electron chi connectivity index (χ4n) is 2.23. The first-order valence-corrected chi connectivity index (χ1v) is 7.66. The summed E-state index contributed by atoms with van der Waals surface area (Å²) in [7, 11) is 0. The minimum Gasteiger partial charge on any atom is -0.480 e. The lowest BCUT2D eigenvalue weighted by Crippen LogP contribution is -2.41. The van der Waals surface area contributed by atoms with E-state index in [0.29, 0.717) is 17.9 Å². The van der Waals surface area contributed by atoms with Crippen molar-refractivity contribution in [1.29, 1.82) is 0 Å². The van der Waals surface area contributed by atoms with E-state index in [2.05, 4.69) is 4.98 Å². The Morgan fingerprint density at radius 2 is 2.23 bits per heavy atom. The van der Waals surface area contributed by atoms with Gasteiger partial charge in [0.25, 0.3) is 5.91 Å². The van der Waals surface area contributed by atoms with Gasteiger partial charge in [-0.15, -0.1) is 0 Å². The number of ether oxygens (including phenoxy) is 1. The van der Waals surface area contributed by atoms with Gasteiger partial charge in [-0.05, 0) is 38.7 Å². The number of carbonyl (C=O) groups is 2.